The molecule has 0 aliphatic heterocycles. The number of nitrogens with one attached hydrogen (secondary N) is 1. The third-order valence-corrected chi connectivity index (χ3v) is 3.12. The van der Waals surface area contributed by atoms with Crippen molar-refractivity contribution < 1.29 is 0 Å². The van der Waals surface area contributed by atoms with Gasteiger partial charge in [0, 0.05) is 24.5 Å². The van der Waals surface area contributed by atoms with Crippen molar-refractivity contribution in [3.05, 3.63) is 53.2 Å². The smallest absolute Gasteiger partial charge is 0.132 e. The highest BCUT2D eigenvalue weighted by molar-refractivity contribution is 5.94. The second kappa shape index (κ2) is 5.10. The molecule has 0 aliphatic carbocycles. The summed E-state index contributed by atoms with van der Waals surface area (Å²) < 4.78 is 0. The SMILES string of the molecule is Cc1ccc(N(C)c2ccc(C(=N)N)cn2)c(C)c1. The minimum atomic E-state index is 0.0354. The van der Waals surface area contributed by atoms with E-state index in [9.17, 15) is 0 Å². The lowest BCUT2D eigenvalue weighted by atomic mass is 10.1. The summed E-state index contributed by atoms with van der Waals surface area (Å²) in [5.41, 5.74) is 9.63. The molecule has 3 N–H and O–H groups in total. The fraction of sp³-hybridized carbons (Fsp3) is 0.200. The molecule has 0 atom stereocenters. The molecule has 0 unspecified atom stereocenters. The van der Waals surface area contributed by atoms with E-state index in [4.69, 9.17) is 11.1 Å². The monoisotopic (exact) mass is 254 g/mol. The molecule has 2 aromatic rings. The Kier molecular flexibility index (Phi) is 3.51. The minimum absolute atomic E-state index is 0.0354. The van der Waals surface area contributed by atoms with Crippen LogP contribution < -0.4 is 10.6 Å². The minimum Gasteiger partial charge on any atom is -0.384 e. The van der Waals surface area contributed by atoms with Gasteiger partial charge in [-0.05, 0) is 37.6 Å². The van der Waals surface area contributed by atoms with Crippen LogP contribution in [-0.2, 0) is 0 Å². The van der Waals surface area contributed by atoms with Gasteiger partial charge in [-0.1, -0.05) is 17.7 Å². The van der Waals surface area contributed by atoms with E-state index in [1.54, 1.807) is 6.20 Å². The first-order valence-corrected chi connectivity index (χ1v) is 6.10. The molecule has 1 aromatic heterocycles. The molecule has 0 saturated heterocycles. The second-order valence-electron chi connectivity index (χ2n) is 4.67. The summed E-state index contributed by atoms with van der Waals surface area (Å²) in [6, 6.07) is 10.0. The number of aromatic nitrogens is 1. The number of hydrogen-bond acceptors (Lipinski definition) is 3. The van der Waals surface area contributed by atoms with Gasteiger partial charge in [-0.25, -0.2) is 4.98 Å². The fourth-order valence-corrected chi connectivity index (χ4v) is 2.05. The Morgan fingerprint density at radius 3 is 2.47 bits per heavy atom. The molecule has 0 amide bonds. The zero-order valence-corrected chi connectivity index (χ0v) is 11.4. The van der Waals surface area contributed by atoms with Crippen molar-refractivity contribution in [3.63, 3.8) is 0 Å². The Morgan fingerprint density at radius 2 is 1.95 bits per heavy atom. The Labute approximate surface area is 113 Å². The van der Waals surface area contributed by atoms with Gasteiger partial charge in [0.1, 0.15) is 11.7 Å². The van der Waals surface area contributed by atoms with E-state index in [1.165, 1.54) is 11.1 Å². The van der Waals surface area contributed by atoms with Gasteiger partial charge in [-0.15, -0.1) is 0 Å². The number of benzene rings is 1. The lowest BCUT2D eigenvalue weighted by Gasteiger charge is -2.21. The number of hydrogen-bond donors (Lipinski definition) is 2. The van der Waals surface area contributed by atoms with Crippen LogP contribution >= 0.6 is 0 Å². The van der Waals surface area contributed by atoms with Gasteiger partial charge in [0.25, 0.3) is 0 Å². The van der Waals surface area contributed by atoms with Crippen LogP contribution in [0.3, 0.4) is 0 Å². The highest BCUT2D eigenvalue weighted by Crippen LogP contribution is 2.25. The Morgan fingerprint density at radius 1 is 1.21 bits per heavy atom. The first-order valence-electron chi connectivity index (χ1n) is 6.10. The molecule has 0 aliphatic rings. The van der Waals surface area contributed by atoms with E-state index in [-0.39, 0.29) is 5.84 Å². The Bertz CT molecular complexity index is 602. The Balaban J connectivity index is 2.33. The maximum Gasteiger partial charge on any atom is 0.132 e. The molecule has 0 fully saturated rings. The number of aryl methyl sites for hydroxylation is 2. The molecular weight excluding hydrogens is 236 g/mol. The molecule has 19 heavy (non-hydrogen) atoms. The quantitative estimate of drug-likeness (QED) is 0.654. The van der Waals surface area contributed by atoms with Crippen molar-refractivity contribution in [2.24, 2.45) is 5.73 Å². The summed E-state index contributed by atoms with van der Waals surface area (Å²) >= 11 is 0. The van der Waals surface area contributed by atoms with E-state index < -0.39 is 0 Å². The van der Waals surface area contributed by atoms with Gasteiger partial charge in [0.15, 0.2) is 0 Å². The van der Waals surface area contributed by atoms with Crippen LogP contribution in [0, 0.1) is 19.3 Å². The Hall–Kier alpha value is -2.36. The zero-order valence-electron chi connectivity index (χ0n) is 11.4. The highest BCUT2D eigenvalue weighted by atomic mass is 15.2. The van der Waals surface area contributed by atoms with Crippen molar-refractivity contribution in [1.29, 1.82) is 5.41 Å². The number of nitrogen functional groups attached to an aromatic ring is 1. The molecule has 2 rings (SSSR count). The van der Waals surface area contributed by atoms with E-state index in [0.29, 0.717) is 5.56 Å². The van der Waals surface area contributed by atoms with Gasteiger partial charge in [0.2, 0.25) is 0 Å². The summed E-state index contributed by atoms with van der Waals surface area (Å²) in [6.07, 6.45) is 1.62. The zero-order chi connectivity index (χ0) is 14.0. The maximum atomic E-state index is 7.36. The maximum absolute atomic E-state index is 7.36. The number of rotatable bonds is 3. The van der Waals surface area contributed by atoms with E-state index in [1.807, 2.05) is 24.1 Å². The highest BCUT2D eigenvalue weighted by Gasteiger charge is 2.08. The van der Waals surface area contributed by atoms with Crippen LogP contribution in [0.25, 0.3) is 0 Å². The molecule has 4 heteroatoms. The van der Waals surface area contributed by atoms with Crippen LogP contribution in [0.4, 0.5) is 11.5 Å². The molecule has 0 radical (unpaired) electrons. The molecule has 4 nitrogen and oxygen atoms in total. The van der Waals surface area contributed by atoms with Crippen LogP contribution in [0.5, 0.6) is 0 Å². The fourth-order valence-electron chi connectivity index (χ4n) is 2.05. The first kappa shape index (κ1) is 13.1. The van der Waals surface area contributed by atoms with Crippen molar-refractivity contribution in [1.82, 2.24) is 4.98 Å². The molecule has 1 aromatic carbocycles. The third kappa shape index (κ3) is 2.73. The molecule has 0 spiro atoms. The van der Waals surface area contributed by atoms with E-state index in [0.717, 1.165) is 11.5 Å². The predicted octanol–water partition coefficient (Wildman–Crippen LogP) is 2.75. The van der Waals surface area contributed by atoms with Crippen LogP contribution in [-0.4, -0.2) is 17.9 Å². The number of nitrogens with zero attached hydrogens (tertiary/aromatic N) is 2. The summed E-state index contributed by atoms with van der Waals surface area (Å²) in [7, 11) is 1.98. The number of anilines is 2. The largest absolute Gasteiger partial charge is 0.384 e. The molecule has 0 bridgehead atoms. The summed E-state index contributed by atoms with van der Waals surface area (Å²) in [5.74, 6) is 0.866. The normalized spacial score (nSPS) is 10.3. The summed E-state index contributed by atoms with van der Waals surface area (Å²) in [4.78, 5) is 6.37. The number of amidine groups is 1. The van der Waals surface area contributed by atoms with E-state index >= 15 is 0 Å². The van der Waals surface area contributed by atoms with Crippen molar-refractivity contribution in [2.75, 3.05) is 11.9 Å². The molecule has 98 valence electrons. The predicted molar refractivity (Wildman–Crippen MR) is 79.2 cm³/mol. The standard InChI is InChI=1S/C15H18N4/c1-10-4-6-13(11(2)8-10)19(3)14-7-5-12(9-18-14)15(16)17/h4-9H,1-3H3,(H3,16,17). The van der Waals surface area contributed by atoms with Crippen molar-refractivity contribution in [2.45, 2.75) is 13.8 Å². The van der Waals surface area contributed by atoms with Crippen molar-refractivity contribution in [3.8, 4) is 0 Å². The van der Waals surface area contributed by atoms with Gasteiger partial charge >= 0.3 is 0 Å². The molecule has 1 heterocycles. The molecular formula is C15H18N4. The molecule has 0 saturated carbocycles. The van der Waals surface area contributed by atoms with Crippen LogP contribution in [0.15, 0.2) is 36.5 Å². The lowest BCUT2D eigenvalue weighted by Crippen LogP contribution is -2.15. The average molecular weight is 254 g/mol. The van der Waals surface area contributed by atoms with Crippen molar-refractivity contribution >= 4 is 17.3 Å². The lowest BCUT2D eigenvalue weighted by molar-refractivity contribution is 1.11. The second-order valence-corrected chi connectivity index (χ2v) is 4.67. The topological polar surface area (TPSA) is 66.0 Å². The first-order chi connectivity index (χ1) is 8.99. The third-order valence-electron chi connectivity index (χ3n) is 3.12. The summed E-state index contributed by atoms with van der Waals surface area (Å²) in [6.45, 7) is 4.17. The average Bonchev–Trinajstić information content (AvgIpc) is 2.38. The number of nitrogens with two attached hydrogens (primary N) is 1. The van der Waals surface area contributed by atoms with Gasteiger partial charge < -0.3 is 10.6 Å². The van der Waals surface area contributed by atoms with Gasteiger partial charge in [0.05, 0.1) is 0 Å². The van der Waals surface area contributed by atoms with Crippen LogP contribution in [0.1, 0.15) is 16.7 Å². The summed E-state index contributed by atoms with van der Waals surface area (Å²) in [5, 5.41) is 7.36. The van der Waals surface area contributed by atoms with Gasteiger partial charge in [-0.3, -0.25) is 5.41 Å². The number of pyridine rings is 1. The van der Waals surface area contributed by atoms with Gasteiger partial charge in [-0.2, -0.15) is 0 Å². The van der Waals surface area contributed by atoms with Crippen LogP contribution in [0.2, 0.25) is 0 Å². The van der Waals surface area contributed by atoms with E-state index in [2.05, 4.69) is 37.0 Å².